The predicted molar refractivity (Wildman–Crippen MR) is 86.8 cm³/mol. The molecule has 1 aliphatic rings. The molecule has 0 amide bonds. The van der Waals surface area contributed by atoms with Crippen molar-refractivity contribution in [2.75, 3.05) is 37.4 Å². The van der Waals surface area contributed by atoms with Gasteiger partial charge in [-0.15, -0.1) is 0 Å². The van der Waals surface area contributed by atoms with Crippen LogP contribution in [0.4, 0.5) is 11.4 Å². The standard InChI is InChI=1S/C17H21N3O/c1-21-16-8-2-13(3-9-16)17-12-19-10-11-20(17)15-6-4-14(18)5-7-15/h2-9,17,19H,10-12,18H2,1H3. The topological polar surface area (TPSA) is 50.5 Å². The fourth-order valence-electron chi connectivity index (χ4n) is 2.80. The molecule has 0 radical (unpaired) electrons. The lowest BCUT2D eigenvalue weighted by Crippen LogP contribution is -2.46. The highest BCUT2D eigenvalue weighted by Gasteiger charge is 2.23. The molecule has 0 aliphatic carbocycles. The van der Waals surface area contributed by atoms with Gasteiger partial charge in [0.15, 0.2) is 0 Å². The number of nitrogen functional groups attached to an aromatic ring is 1. The summed E-state index contributed by atoms with van der Waals surface area (Å²) in [4.78, 5) is 2.43. The molecule has 2 aromatic carbocycles. The molecule has 4 heteroatoms. The first-order valence-electron chi connectivity index (χ1n) is 7.25. The van der Waals surface area contributed by atoms with Crippen LogP contribution in [-0.4, -0.2) is 26.7 Å². The van der Waals surface area contributed by atoms with E-state index in [1.807, 2.05) is 24.3 Å². The van der Waals surface area contributed by atoms with Gasteiger partial charge in [-0.05, 0) is 42.0 Å². The van der Waals surface area contributed by atoms with E-state index in [4.69, 9.17) is 10.5 Å². The molecule has 1 fully saturated rings. The molecular weight excluding hydrogens is 262 g/mol. The van der Waals surface area contributed by atoms with Gasteiger partial charge < -0.3 is 20.7 Å². The number of hydrogen-bond acceptors (Lipinski definition) is 4. The number of nitrogens with zero attached hydrogens (tertiary/aromatic N) is 1. The van der Waals surface area contributed by atoms with E-state index in [0.29, 0.717) is 6.04 Å². The first-order chi connectivity index (χ1) is 10.3. The second kappa shape index (κ2) is 6.06. The largest absolute Gasteiger partial charge is 0.497 e. The van der Waals surface area contributed by atoms with Crippen molar-refractivity contribution >= 4 is 11.4 Å². The fourth-order valence-corrected chi connectivity index (χ4v) is 2.80. The van der Waals surface area contributed by atoms with Crippen LogP contribution in [0.2, 0.25) is 0 Å². The molecule has 21 heavy (non-hydrogen) atoms. The predicted octanol–water partition coefficient (Wildman–Crippen LogP) is 2.43. The molecule has 1 unspecified atom stereocenters. The Morgan fingerprint density at radius 2 is 1.81 bits per heavy atom. The van der Waals surface area contributed by atoms with Crippen LogP contribution in [0.25, 0.3) is 0 Å². The van der Waals surface area contributed by atoms with Gasteiger partial charge in [0.25, 0.3) is 0 Å². The lowest BCUT2D eigenvalue weighted by Gasteiger charge is -2.38. The van der Waals surface area contributed by atoms with E-state index in [9.17, 15) is 0 Å². The van der Waals surface area contributed by atoms with Crippen LogP contribution >= 0.6 is 0 Å². The Kier molecular flexibility index (Phi) is 3.97. The first-order valence-corrected chi connectivity index (χ1v) is 7.25. The second-order valence-corrected chi connectivity index (χ2v) is 5.28. The number of rotatable bonds is 3. The summed E-state index contributed by atoms with van der Waals surface area (Å²) in [6, 6.07) is 16.8. The summed E-state index contributed by atoms with van der Waals surface area (Å²) in [5.74, 6) is 0.890. The van der Waals surface area contributed by atoms with Gasteiger partial charge >= 0.3 is 0 Å². The van der Waals surface area contributed by atoms with Crippen LogP contribution in [-0.2, 0) is 0 Å². The van der Waals surface area contributed by atoms with Gasteiger partial charge in [-0.3, -0.25) is 0 Å². The van der Waals surface area contributed by atoms with E-state index in [0.717, 1.165) is 31.1 Å². The molecule has 0 bridgehead atoms. The SMILES string of the molecule is COc1ccc(C2CNCCN2c2ccc(N)cc2)cc1. The molecule has 0 saturated carbocycles. The summed E-state index contributed by atoms with van der Waals surface area (Å²) in [7, 11) is 1.69. The van der Waals surface area contributed by atoms with E-state index in [-0.39, 0.29) is 0 Å². The zero-order chi connectivity index (χ0) is 14.7. The first kappa shape index (κ1) is 13.8. The molecule has 1 heterocycles. The number of anilines is 2. The summed E-state index contributed by atoms with van der Waals surface area (Å²) in [5.41, 5.74) is 9.10. The van der Waals surface area contributed by atoms with Crippen molar-refractivity contribution in [1.29, 1.82) is 0 Å². The number of methoxy groups -OCH3 is 1. The Bertz CT molecular complexity index is 580. The molecule has 3 N–H and O–H groups in total. The normalized spacial score (nSPS) is 18.5. The zero-order valence-corrected chi connectivity index (χ0v) is 12.3. The molecule has 3 rings (SSSR count). The van der Waals surface area contributed by atoms with E-state index in [1.165, 1.54) is 11.3 Å². The fraction of sp³-hybridized carbons (Fsp3) is 0.294. The van der Waals surface area contributed by atoms with Gasteiger partial charge in [-0.2, -0.15) is 0 Å². The van der Waals surface area contributed by atoms with Crippen LogP contribution in [0.1, 0.15) is 11.6 Å². The number of piperazine rings is 1. The molecule has 1 saturated heterocycles. The number of hydrogen-bond donors (Lipinski definition) is 2. The van der Waals surface area contributed by atoms with Gasteiger partial charge in [0.05, 0.1) is 13.2 Å². The van der Waals surface area contributed by atoms with Crippen molar-refractivity contribution in [2.24, 2.45) is 0 Å². The third-order valence-electron chi connectivity index (χ3n) is 3.97. The summed E-state index contributed by atoms with van der Waals surface area (Å²) in [5, 5.41) is 3.48. The van der Waals surface area contributed by atoms with Crippen LogP contribution < -0.4 is 20.7 Å². The number of ether oxygens (including phenoxy) is 1. The quantitative estimate of drug-likeness (QED) is 0.850. The minimum atomic E-state index is 0.327. The Balaban J connectivity index is 1.88. The summed E-state index contributed by atoms with van der Waals surface area (Å²) in [6.07, 6.45) is 0. The Labute approximate surface area is 125 Å². The molecule has 4 nitrogen and oxygen atoms in total. The van der Waals surface area contributed by atoms with E-state index < -0.39 is 0 Å². The Morgan fingerprint density at radius 3 is 2.48 bits per heavy atom. The van der Waals surface area contributed by atoms with Crippen molar-refractivity contribution < 1.29 is 4.74 Å². The third kappa shape index (κ3) is 2.95. The maximum absolute atomic E-state index is 5.79. The maximum atomic E-state index is 5.79. The molecule has 1 aliphatic heterocycles. The van der Waals surface area contributed by atoms with Gasteiger partial charge in [0, 0.05) is 31.0 Å². The van der Waals surface area contributed by atoms with E-state index >= 15 is 0 Å². The molecule has 1 atom stereocenters. The number of nitrogens with one attached hydrogen (secondary N) is 1. The summed E-state index contributed by atoms with van der Waals surface area (Å²) >= 11 is 0. The van der Waals surface area contributed by atoms with Crippen molar-refractivity contribution in [3.05, 3.63) is 54.1 Å². The van der Waals surface area contributed by atoms with Crippen LogP contribution in [0.3, 0.4) is 0 Å². The molecule has 0 aromatic heterocycles. The Hall–Kier alpha value is -2.20. The zero-order valence-electron chi connectivity index (χ0n) is 12.3. The van der Waals surface area contributed by atoms with Crippen molar-refractivity contribution in [3.63, 3.8) is 0 Å². The molecule has 110 valence electrons. The molecule has 2 aromatic rings. The third-order valence-corrected chi connectivity index (χ3v) is 3.97. The van der Waals surface area contributed by atoms with Gasteiger partial charge in [0.2, 0.25) is 0 Å². The smallest absolute Gasteiger partial charge is 0.118 e. The average Bonchev–Trinajstić information content (AvgIpc) is 2.56. The highest BCUT2D eigenvalue weighted by molar-refractivity contribution is 5.55. The van der Waals surface area contributed by atoms with Crippen LogP contribution in [0.15, 0.2) is 48.5 Å². The second-order valence-electron chi connectivity index (χ2n) is 5.28. The van der Waals surface area contributed by atoms with Gasteiger partial charge in [-0.1, -0.05) is 12.1 Å². The summed E-state index contributed by atoms with van der Waals surface area (Å²) < 4.78 is 5.24. The minimum absolute atomic E-state index is 0.327. The van der Waals surface area contributed by atoms with Crippen LogP contribution in [0.5, 0.6) is 5.75 Å². The average molecular weight is 283 g/mol. The van der Waals surface area contributed by atoms with Gasteiger partial charge in [0.1, 0.15) is 5.75 Å². The van der Waals surface area contributed by atoms with Crippen molar-refractivity contribution in [3.8, 4) is 5.75 Å². The maximum Gasteiger partial charge on any atom is 0.118 e. The minimum Gasteiger partial charge on any atom is -0.497 e. The monoisotopic (exact) mass is 283 g/mol. The van der Waals surface area contributed by atoms with Gasteiger partial charge in [-0.25, -0.2) is 0 Å². The Morgan fingerprint density at radius 1 is 1.10 bits per heavy atom. The van der Waals surface area contributed by atoms with E-state index in [2.05, 4.69) is 34.5 Å². The summed E-state index contributed by atoms with van der Waals surface area (Å²) in [6.45, 7) is 2.92. The molecular formula is C17H21N3O. The van der Waals surface area contributed by atoms with E-state index in [1.54, 1.807) is 7.11 Å². The number of benzene rings is 2. The van der Waals surface area contributed by atoms with Crippen molar-refractivity contribution in [2.45, 2.75) is 6.04 Å². The lowest BCUT2D eigenvalue weighted by molar-refractivity contribution is 0.414. The number of nitrogens with two attached hydrogens (primary N) is 1. The van der Waals surface area contributed by atoms with Crippen molar-refractivity contribution in [1.82, 2.24) is 5.32 Å². The van der Waals surface area contributed by atoms with Crippen LogP contribution in [0, 0.1) is 0 Å². The lowest BCUT2D eigenvalue weighted by atomic mass is 10.0. The highest BCUT2D eigenvalue weighted by atomic mass is 16.5. The molecule has 0 spiro atoms. The highest BCUT2D eigenvalue weighted by Crippen LogP contribution is 2.29.